The molecule has 0 aliphatic carbocycles. The Balaban J connectivity index is 0.00000190. The van der Waals surface area contributed by atoms with E-state index < -0.39 is 17.9 Å². The van der Waals surface area contributed by atoms with Crippen LogP contribution < -0.4 is 0 Å². The normalized spacial score (nSPS) is 21.0. The molecular formula is C23H32F2O3. The van der Waals surface area contributed by atoms with E-state index in [1.165, 1.54) is 26.5 Å². The highest BCUT2D eigenvalue weighted by molar-refractivity contribution is 5.47. The summed E-state index contributed by atoms with van der Waals surface area (Å²) in [5.41, 5.74) is 2.48. The third-order valence-corrected chi connectivity index (χ3v) is 4.55. The highest BCUT2D eigenvalue weighted by atomic mass is 19.2. The summed E-state index contributed by atoms with van der Waals surface area (Å²) in [5.74, 6) is -1.73. The van der Waals surface area contributed by atoms with Crippen LogP contribution in [0.1, 0.15) is 57.6 Å². The second kappa shape index (κ2) is 12.5. The fourth-order valence-corrected chi connectivity index (χ4v) is 2.74. The minimum absolute atomic E-state index is 0.0282. The van der Waals surface area contributed by atoms with Crippen molar-refractivity contribution in [2.45, 2.75) is 52.7 Å². The van der Waals surface area contributed by atoms with E-state index in [0.717, 1.165) is 12.0 Å². The molecule has 28 heavy (non-hydrogen) atoms. The van der Waals surface area contributed by atoms with Crippen molar-refractivity contribution < 1.29 is 23.0 Å². The van der Waals surface area contributed by atoms with Crippen molar-refractivity contribution in [3.05, 3.63) is 65.0 Å². The van der Waals surface area contributed by atoms with Gasteiger partial charge in [0.05, 0.1) is 20.3 Å². The SMILES string of the molecule is C=Cc1ccc(C2CCC(OC/C(C)=C(F)/C(F)=C(\C)OC)OC2)cc1.CC. The lowest BCUT2D eigenvalue weighted by molar-refractivity contribution is -0.162. The van der Waals surface area contributed by atoms with E-state index in [2.05, 4.69) is 18.7 Å². The molecule has 2 unspecified atom stereocenters. The molecule has 3 nitrogen and oxygen atoms in total. The van der Waals surface area contributed by atoms with Crippen molar-refractivity contribution in [1.82, 2.24) is 0 Å². The van der Waals surface area contributed by atoms with E-state index >= 15 is 0 Å². The Morgan fingerprint density at radius 3 is 2.29 bits per heavy atom. The molecule has 0 amide bonds. The van der Waals surface area contributed by atoms with Crippen molar-refractivity contribution in [1.29, 1.82) is 0 Å². The lowest BCUT2D eigenvalue weighted by atomic mass is 9.92. The zero-order chi connectivity index (χ0) is 21.1. The van der Waals surface area contributed by atoms with Crippen molar-refractivity contribution in [2.75, 3.05) is 20.3 Å². The molecule has 2 atom stereocenters. The lowest BCUT2D eigenvalue weighted by Gasteiger charge is -2.29. The molecule has 2 rings (SSSR count). The molecule has 1 aliphatic heterocycles. The number of ether oxygens (including phenoxy) is 3. The summed E-state index contributed by atoms with van der Waals surface area (Å²) in [6.07, 6.45) is 3.03. The predicted octanol–water partition coefficient (Wildman–Crippen LogP) is 6.68. The Hall–Kier alpha value is -1.98. The average Bonchev–Trinajstić information content (AvgIpc) is 2.77. The van der Waals surface area contributed by atoms with Gasteiger partial charge < -0.3 is 14.2 Å². The second-order valence-corrected chi connectivity index (χ2v) is 6.39. The Morgan fingerprint density at radius 2 is 1.79 bits per heavy atom. The van der Waals surface area contributed by atoms with Gasteiger partial charge in [-0.25, -0.2) is 8.78 Å². The standard InChI is InChI=1S/C21H26F2O3.C2H6/c1-5-16-6-8-17(9-7-16)18-10-11-19(26-13-18)25-12-14(2)20(22)21(23)15(3)24-4;1-2/h5-9,18-19H,1,10-13H2,2-4H3;1-2H3/b20-14-,21-15-;. The van der Waals surface area contributed by atoms with Crippen molar-refractivity contribution in [2.24, 2.45) is 0 Å². The monoisotopic (exact) mass is 394 g/mol. The van der Waals surface area contributed by atoms with Crippen LogP contribution in [0.15, 0.2) is 53.8 Å². The smallest absolute Gasteiger partial charge is 0.196 e. The lowest BCUT2D eigenvalue weighted by Crippen LogP contribution is -2.27. The molecule has 1 aromatic carbocycles. The zero-order valence-corrected chi connectivity index (χ0v) is 17.6. The number of allylic oxidation sites excluding steroid dienone is 3. The second-order valence-electron chi connectivity index (χ2n) is 6.39. The van der Waals surface area contributed by atoms with E-state index in [0.29, 0.717) is 18.9 Å². The van der Waals surface area contributed by atoms with Gasteiger partial charge in [0, 0.05) is 5.92 Å². The Labute approximate surface area is 167 Å². The highest BCUT2D eigenvalue weighted by Gasteiger charge is 2.24. The molecule has 156 valence electrons. The van der Waals surface area contributed by atoms with Crippen LogP contribution in [-0.2, 0) is 14.2 Å². The molecule has 0 aromatic heterocycles. The summed E-state index contributed by atoms with van der Waals surface area (Å²) in [4.78, 5) is 0. The third kappa shape index (κ3) is 6.88. The summed E-state index contributed by atoms with van der Waals surface area (Å²) in [6.45, 7) is 11.1. The van der Waals surface area contributed by atoms with E-state index in [1.54, 1.807) is 0 Å². The fraction of sp³-hybridized carbons (Fsp3) is 0.478. The van der Waals surface area contributed by atoms with Crippen LogP contribution in [0.4, 0.5) is 8.78 Å². The van der Waals surface area contributed by atoms with E-state index in [9.17, 15) is 8.78 Å². The first-order valence-corrected chi connectivity index (χ1v) is 9.67. The van der Waals surface area contributed by atoms with Crippen LogP contribution in [0, 0.1) is 0 Å². The van der Waals surface area contributed by atoms with Gasteiger partial charge in [0.1, 0.15) is 5.76 Å². The number of hydrogen-bond acceptors (Lipinski definition) is 3. The van der Waals surface area contributed by atoms with Gasteiger partial charge in [-0.05, 0) is 43.4 Å². The van der Waals surface area contributed by atoms with Gasteiger partial charge >= 0.3 is 0 Å². The number of benzene rings is 1. The first-order chi connectivity index (χ1) is 13.5. The van der Waals surface area contributed by atoms with Crippen molar-refractivity contribution in [3.8, 4) is 0 Å². The van der Waals surface area contributed by atoms with Crippen molar-refractivity contribution >= 4 is 6.08 Å². The first kappa shape index (κ1) is 24.1. The summed E-state index contributed by atoms with van der Waals surface area (Å²) >= 11 is 0. The van der Waals surface area contributed by atoms with Gasteiger partial charge in [-0.1, -0.05) is 50.8 Å². The molecule has 0 radical (unpaired) electrons. The van der Waals surface area contributed by atoms with Gasteiger partial charge in [0.15, 0.2) is 17.9 Å². The number of rotatable bonds is 7. The van der Waals surface area contributed by atoms with Crippen LogP contribution >= 0.6 is 0 Å². The molecule has 1 aromatic rings. The molecule has 0 spiro atoms. The molecule has 0 saturated carbocycles. The molecule has 1 aliphatic rings. The summed E-state index contributed by atoms with van der Waals surface area (Å²) in [7, 11) is 1.30. The molecule has 1 fully saturated rings. The molecule has 1 saturated heterocycles. The van der Waals surface area contributed by atoms with Gasteiger partial charge in [-0.15, -0.1) is 0 Å². The van der Waals surface area contributed by atoms with Crippen LogP contribution in [0.2, 0.25) is 0 Å². The number of methoxy groups -OCH3 is 1. The van der Waals surface area contributed by atoms with Crippen molar-refractivity contribution in [3.63, 3.8) is 0 Å². The van der Waals surface area contributed by atoms with Crippen LogP contribution in [0.25, 0.3) is 6.08 Å². The van der Waals surface area contributed by atoms with Gasteiger partial charge in [-0.3, -0.25) is 0 Å². The van der Waals surface area contributed by atoms with Gasteiger partial charge in [0.2, 0.25) is 0 Å². The predicted molar refractivity (Wildman–Crippen MR) is 110 cm³/mol. The largest absolute Gasteiger partial charge is 0.498 e. The average molecular weight is 395 g/mol. The van der Waals surface area contributed by atoms with E-state index in [4.69, 9.17) is 14.2 Å². The topological polar surface area (TPSA) is 27.7 Å². The molecular weight excluding hydrogens is 362 g/mol. The fourth-order valence-electron chi connectivity index (χ4n) is 2.74. The van der Waals surface area contributed by atoms with Crippen LogP contribution in [0.3, 0.4) is 0 Å². The minimum Gasteiger partial charge on any atom is -0.498 e. The Bertz CT molecular complexity index is 670. The van der Waals surface area contributed by atoms with E-state index in [1.807, 2.05) is 32.1 Å². The molecule has 0 N–H and O–H groups in total. The minimum atomic E-state index is -0.999. The van der Waals surface area contributed by atoms with E-state index in [-0.39, 0.29) is 17.9 Å². The zero-order valence-electron chi connectivity index (χ0n) is 17.6. The molecule has 1 heterocycles. The first-order valence-electron chi connectivity index (χ1n) is 9.67. The summed E-state index contributed by atoms with van der Waals surface area (Å²) in [5, 5.41) is 0. The Kier molecular flexibility index (Phi) is 10.7. The quantitative estimate of drug-likeness (QED) is 0.381. The molecule has 5 heteroatoms. The maximum absolute atomic E-state index is 14.0. The molecule has 0 bridgehead atoms. The highest BCUT2D eigenvalue weighted by Crippen LogP contribution is 2.29. The maximum atomic E-state index is 14.0. The summed E-state index contributed by atoms with van der Waals surface area (Å²) in [6, 6.07) is 8.24. The number of halogens is 2. The third-order valence-electron chi connectivity index (χ3n) is 4.55. The van der Waals surface area contributed by atoms with Crippen LogP contribution in [0.5, 0.6) is 0 Å². The number of hydrogen-bond donors (Lipinski definition) is 0. The van der Waals surface area contributed by atoms with Crippen LogP contribution in [-0.4, -0.2) is 26.6 Å². The Morgan fingerprint density at radius 1 is 1.14 bits per heavy atom. The summed E-state index contributed by atoms with van der Waals surface area (Å²) < 4.78 is 43.7. The van der Waals surface area contributed by atoms with Gasteiger partial charge in [0.25, 0.3) is 0 Å². The maximum Gasteiger partial charge on any atom is 0.196 e. The van der Waals surface area contributed by atoms with Gasteiger partial charge in [-0.2, -0.15) is 0 Å².